The highest BCUT2D eigenvalue weighted by atomic mass is 19.1. The van der Waals surface area contributed by atoms with Crippen LogP contribution in [-0.4, -0.2) is 17.7 Å². The first-order chi connectivity index (χ1) is 8.63. The van der Waals surface area contributed by atoms with Crippen LogP contribution >= 0.6 is 0 Å². The highest BCUT2D eigenvalue weighted by Crippen LogP contribution is 2.14. The van der Waals surface area contributed by atoms with Crippen LogP contribution in [-0.2, 0) is 16.1 Å². The number of hydrogen-bond donors (Lipinski definition) is 1. The lowest BCUT2D eigenvalue weighted by molar-refractivity contribution is -0.131. The minimum absolute atomic E-state index is 0.361. The second-order valence-corrected chi connectivity index (χ2v) is 3.92. The molecule has 0 bridgehead atoms. The summed E-state index contributed by atoms with van der Waals surface area (Å²) in [4.78, 5) is 10.5. The number of carboxylic acid groups (broad SMARTS) is 1. The highest BCUT2D eigenvalue weighted by Gasteiger charge is 2.02. The molecule has 0 spiro atoms. The average Bonchev–Trinajstić information content (AvgIpc) is 2.34. The Morgan fingerprint density at radius 1 is 1.50 bits per heavy atom. The first-order valence-electron chi connectivity index (χ1n) is 5.90. The van der Waals surface area contributed by atoms with Crippen molar-refractivity contribution < 1.29 is 19.0 Å². The smallest absolute Gasteiger partial charge is 0.328 e. The van der Waals surface area contributed by atoms with Gasteiger partial charge in [0.05, 0.1) is 6.61 Å². The van der Waals surface area contributed by atoms with Crippen LogP contribution in [0.2, 0.25) is 0 Å². The number of carboxylic acids is 1. The molecule has 0 heterocycles. The highest BCUT2D eigenvalue weighted by molar-refractivity contribution is 5.85. The van der Waals surface area contributed by atoms with E-state index in [0.29, 0.717) is 18.8 Å². The van der Waals surface area contributed by atoms with E-state index in [1.54, 1.807) is 6.07 Å². The lowest BCUT2D eigenvalue weighted by atomic mass is 10.1. The van der Waals surface area contributed by atoms with Gasteiger partial charge in [0.2, 0.25) is 0 Å². The summed E-state index contributed by atoms with van der Waals surface area (Å²) in [6.45, 7) is 3.08. The van der Waals surface area contributed by atoms with Crippen LogP contribution < -0.4 is 0 Å². The van der Waals surface area contributed by atoms with Gasteiger partial charge in [0.1, 0.15) is 5.82 Å². The van der Waals surface area contributed by atoms with Crippen molar-refractivity contribution in [3.05, 3.63) is 41.2 Å². The van der Waals surface area contributed by atoms with E-state index in [2.05, 4.69) is 6.92 Å². The van der Waals surface area contributed by atoms with E-state index in [4.69, 9.17) is 9.84 Å². The summed E-state index contributed by atoms with van der Waals surface area (Å²) in [6, 6.07) is 4.26. The molecule has 0 aliphatic heterocycles. The summed E-state index contributed by atoms with van der Waals surface area (Å²) in [5.41, 5.74) is 1.32. The van der Waals surface area contributed by atoms with Crippen LogP contribution in [0.25, 0.3) is 6.08 Å². The van der Waals surface area contributed by atoms with Crippen LogP contribution in [0.15, 0.2) is 24.3 Å². The van der Waals surface area contributed by atoms with Gasteiger partial charge in [-0.05, 0) is 35.8 Å². The molecule has 1 N–H and O–H groups in total. The molecule has 1 rings (SSSR count). The molecular weight excluding hydrogens is 235 g/mol. The molecule has 1 aromatic rings. The van der Waals surface area contributed by atoms with Crippen molar-refractivity contribution in [3.63, 3.8) is 0 Å². The van der Waals surface area contributed by atoms with Gasteiger partial charge >= 0.3 is 5.97 Å². The van der Waals surface area contributed by atoms with Crippen LogP contribution in [0.3, 0.4) is 0 Å². The van der Waals surface area contributed by atoms with E-state index in [9.17, 15) is 9.18 Å². The van der Waals surface area contributed by atoms with Gasteiger partial charge in [-0.2, -0.15) is 0 Å². The third kappa shape index (κ3) is 5.10. The fourth-order valence-electron chi connectivity index (χ4n) is 1.44. The van der Waals surface area contributed by atoms with Crippen molar-refractivity contribution in [2.75, 3.05) is 6.61 Å². The molecule has 0 atom stereocenters. The van der Waals surface area contributed by atoms with Crippen LogP contribution in [0.4, 0.5) is 4.39 Å². The fourth-order valence-corrected chi connectivity index (χ4v) is 1.44. The fraction of sp³-hybridized carbons (Fsp3) is 0.357. The zero-order valence-electron chi connectivity index (χ0n) is 10.4. The van der Waals surface area contributed by atoms with Gasteiger partial charge in [-0.25, -0.2) is 9.18 Å². The van der Waals surface area contributed by atoms with Crippen molar-refractivity contribution >= 4 is 12.0 Å². The molecule has 3 nitrogen and oxygen atoms in total. The van der Waals surface area contributed by atoms with Crippen molar-refractivity contribution in [1.29, 1.82) is 0 Å². The number of ether oxygens (including phenoxy) is 1. The Kier molecular flexibility index (Phi) is 6.08. The Morgan fingerprint density at radius 3 is 2.94 bits per heavy atom. The quantitative estimate of drug-likeness (QED) is 0.598. The SMILES string of the molecule is CCCCOCc1ccc(F)cc1/C=C/C(=O)O. The molecule has 0 aromatic heterocycles. The number of aliphatic carboxylic acids is 1. The molecule has 98 valence electrons. The number of halogens is 1. The van der Waals surface area contributed by atoms with Gasteiger partial charge < -0.3 is 9.84 Å². The Morgan fingerprint density at radius 2 is 2.28 bits per heavy atom. The average molecular weight is 252 g/mol. The van der Waals surface area contributed by atoms with E-state index >= 15 is 0 Å². The third-order valence-corrected chi connectivity index (χ3v) is 2.41. The van der Waals surface area contributed by atoms with Crippen molar-refractivity contribution in [2.24, 2.45) is 0 Å². The predicted molar refractivity (Wildman–Crippen MR) is 67.6 cm³/mol. The number of benzene rings is 1. The molecule has 0 radical (unpaired) electrons. The molecule has 0 amide bonds. The summed E-state index contributed by atoms with van der Waals surface area (Å²) in [5.74, 6) is -1.45. The van der Waals surface area contributed by atoms with Gasteiger partial charge in [-0.1, -0.05) is 19.4 Å². The zero-order valence-corrected chi connectivity index (χ0v) is 10.4. The van der Waals surface area contributed by atoms with Crippen molar-refractivity contribution in [2.45, 2.75) is 26.4 Å². The first kappa shape index (κ1) is 14.4. The lowest BCUT2D eigenvalue weighted by Gasteiger charge is -2.07. The number of hydrogen-bond acceptors (Lipinski definition) is 2. The standard InChI is InChI=1S/C14H17FO3/c1-2-3-8-18-10-12-4-6-13(15)9-11(12)5-7-14(16)17/h4-7,9H,2-3,8,10H2,1H3,(H,16,17)/b7-5+. The van der Waals surface area contributed by atoms with Crippen LogP contribution in [0, 0.1) is 5.82 Å². The molecule has 0 unspecified atom stereocenters. The summed E-state index contributed by atoms with van der Waals surface area (Å²) in [5, 5.41) is 8.57. The molecule has 0 saturated carbocycles. The molecule has 18 heavy (non-hydrogen) atoms. The number of carbonyl (C=O) groups is 1. The van der Waals surface area contributed by atoms with E-state index in [-0.39, 0.29) is 0 Å². The van der Waals surface area contributed by atoms with Crippen molar-refractivity contribution in [3.8, 4) is 0 Å². The zero-order chi connectivity index (χ0) is 13.4. The first-order valence-corrected chi connectivity index (χ1v) is 5.90. The van der Waals surface area contributed by atoms with E-state index in [0.717, 1.165) is 24.5 Å². The summed E-state index contributed by atoms with van der Waals surface area (Å²) < 4.78 is 18.5. The normalized spacial score (nSPS) is 11.0. The lowest BCUT2D eigenvalue weighted by Crippen LogP contribution is -1.98. The molecule has 0 aliphatic carbocycles. The Bertz CT molecular complexity index is 427. The minimum atomic E-state index is -1.06. The van der Waals surface area contributed by atoms with Gasteiger partial charge in [-0.15, -0.1) is 0 Å². The van der Waals surface area contributed by atoms with Crippen molar-refractivity contribution in [1.82, 2.24) is 0 Å². The second-order valence-electron chi connectivity index (χ2n) is 3.92. The molecular formula is C14H17FO3. The maximum Gasteiger partial charge on any atom is 0.328 e. The molecule has 1 aromatic carbocycles. The minimum Gasteiger partial charge on any atom is -0.478 e. The molecule has 0 aliphatic rings. The Labute approximate surface area is 106 Å². The largest absolute Gasteiger partial charge is 0.478 e. The molecule has 4 heteroatoms. The third-order valence-electron chi connectivity index (χ3n) is 2.41. The predicted octanol–water partition coefficient (Wildman–Crippen LogP) is 3.24. The van der Waals surface area contributed by atoms with E-state index < -0.39 is 11.8 Å². The van der Waals surface area contributed by atoms with E-state index in [1.807, 2.05) is 0 Å². The summed E-state index contributed by atoms with van der Waals surface area (Å²) >= 11 is 0. The summed E-state index contributed by atoms with van der Waals surface area (Å²) in [7, 11) is 0. The van der Waals surface area contributed by atoms with Gasteiger partial charge in [0, 0.05) is 12.7 Å². The van der Waals surface area contributed by atoms with Gasteiger partial charge in [0.25, 0.3) is 0 Å². The van der Waals surface area contributed by atoms with Crippen LogP contribution in [0.1, 0.15) is 30.9 Å². The topological polar surface area (TPSA) is 46.5 Å². The van der Waals surface area contributed by atoms with Gasteiger partial charge in [0.15, 0.2) is 0 Å². The number of rotatable bonds is 7. The van der Waals surface area contributed by atoms with Gasteiger partial charge in [-0.3, -0.25) is 0 Å². The second kappa shape index (κ2) is 7.61. The Hall–Kier alpha value is -1.68. The number of unbranched alkanes of at least 4 members (excludes halogenated alkanes) is 1. The van der Waals surface area contributed by atoms with E-state index in [1.165, 1.54) is 18.2 Å². The maximum atomic E-state index is 13.1. The summed E-state index contributed by atoms with van der Waals surface area (Å²) in [6.07, 6.45) is 4.39. The molecule has 0 fully saturated rings. The molecule has 0 saturated heterocycles. The monoisotopic (exact) mass is 252 g/mol. The maximum absolute atomic E-state index is 13.1. The Balaban J connectivity index is 2.73. The van der Waals surface area contributed by atoms with Crippen LogP contribution in [0.5, 0.6) is 0 Å².